The molecule has 1 aromatic heterocycles. The normalized spacial score (nSPS) is 11.2. The molecule has 3 aromatic rings. The van der Waals surface area contributed by atoms with E-state index < -0.39 is 0 Å². The standard InChI is InChI=1S/C20H24N2O2/c1-15(2)20-21-18-7-4-5-8-19(18)22(20)13-6-14-24-17-11-9-16(23-3)10-12-17/h4-5,7-12,15H,6,13-14H2,1-3H3. The van der Waals surface area contributed by atoms with Crippen LogP contribution in [0.1, 0.15) is 32.0 Å². The molecule has 24 heavy (non-hydrogen) atoms. The van der Waals surface area contributed by atoms with Crippen molar-refractivity contribution in [2.24, 2.45) is 0 Å². The molecule has 0 spiro atoms. The lowest BCUT2D eigenvalue weighted by Gasteiger charge is -2.12. The average Bonchev–Trinajstić information content (AvgIpc) is 2.98. The predicted octanol–water partition coefficient (Wildman–Crippen LogP) is 4.64. The Kier molecular flexibility index (Phi) is 5.04. The van der Waals surface area contributed by atoms with Gasteiger partial charge < -0.3 is 14.0 Å². The van der Waals surface area contributed by atoms with Crippen LogP contribution in [-0.2, 0) is 6.54 Å². The number of aryl methyl sites for hydroxylation is 1. The lowest BCUT2D eigenvalue weighted by Crippen LogP contribution is -2.09. The van der Waals surface area contributed by atoms with Gasteiger partial charge in [0.05, 0.1) is 24.8 Å². The lowest BCUT2D eigenvalue weighted by molar-refractivity contribution is 0.301. The largest absolute Gasteiger partial charge is 0.497 e. The van der Waals surface area contributed by atoms with E-state index in [1.54, 1.807) is 7.11 Å². The summed E-state index contributed by atoms with van der Waals surface area (Å²) in [5.41, 5.74) is 2.27. The van der Waals surface area contributed by atoms with E-state index in [0.29, 0.717) is 12.5 Å². The Morgan fingerprint density at radius 3 is 2.42 bits per heavy atom. The molecule has 0 saturated heterocycles. The van der Waals surface area contributed by atoms with Crippen LogP contribution in [0.25, 0.3) is 11.0 Å². The SMILES string of the molecule is COc1ccc(OCCCn2c(C(C)C)nc3ccccc32)cc1. The topological polar surface area (TPSA) is 36.3 Å². The number of fused-ring (bicyclic) bond motifs is 1. The van der Waals surface area contributed by atoms with Crippen molar-refractivity contribution in [1.29, 1.82) is 0 Å². The number of nitrogens with zero attached hydrogens (tertiary/aromatic N) is 2. The van der Waals surface area contributed by atoms with E-state index >= 15 is 0 Å². The Balaban J connectivity index is 1.63. The first-order valence-electron chi connectivity index (χ1n) is 8.41. The number of rotatable bonds is 7. The maximum absolute atomic E-state index is 5.83. The van der Waals surface area contributed by atoms with E-state index in [-0.39, 0.29) is 0 Å². The van der Waals surface area contributed by atoms with Crippen LogP contribution in [0.5, 0.6) is 11.5 Å². The monoisotopic (exact) mass is 324 g/mol. The first-order valence-corrected chi connectivity index (χ1v) is 8.41. The van der Waals surface area contributed by atoms with E-state index in [9.17, 15) is 0 Å². The summed E-state index contributed by atoms with van der Waals surface area (Å²) >= 11 is 0. The maximum atomic E-state index is 5.83. The Morgan fingerprint density at radius 1 is 1.00 bits per heavy atom. The minimum absolute atomic E-state index is 0.403. The second-order valence-electron chi connectivity index (χ2n) is 6.14. The van der Waals surface area contributed by atoms with Gasteiger partial charge in [0.1, 0.15) is 17.3 Å². The second-order valence-corrected chi connectivity index (χ2v) is 6.14. The van der Waals surface area contributed by atoms with Crippen molar-refractivity contribution in [1.82, 2.24) is 9.55 Å². The van der Waals surface area contributed by atoms with Gasteiger partial charge in [0, 0.05) is 12.5 Å². The molecule has 0 bridgehead atoms. The van der Waals surface area contributed by atoms with Gasteiger partial charge in [0.15, 0.2) is 0 Å². The third-order valence-corrected chi connectivity index (χ3v) is 4.05. The van der Waals surface area contributed by atoms with Crippen LogP contribution in [0, 0.1) is 0 Å². The van der Waals surface area contributed by atoms with Crippen molar-refractivity contribution in [3.63, 3.8) is 0 Å². The number of methoxy groups -OCH3 is 1. The maximum Gasteiger partial charge on any atom is 0.119 e. The van der Waals surface area contributed by atoms with Crippen LogP contribution in [-0.4, -0.2) is 23.3 Å². The summed E-state index contributed by atoms with van der Waals surface area (Å²) in [6.07, 6.45) is 0.937. The molecule has 0 unspecified atom stereocenters. The number of imidazole rings is 1. The summed E-state index contributed by atoms with van der Waals surface area (Å²) in [5.74, 6) is 3.25. The van der Waals surface area contributed by atoms with Crippen molar-refractivity contribution in [3.8, 4) is 11.5 Å². The number of hydrogen-bond donors (Lipinski definition) is 0. The number of para-hydroxylation sites is 2. The number of hydrogen-bond acceptors (Lipinski definition) is 3. The summed E-state index contributed by atoms with van der Waals surface area (Å²) < 4.78 is 13.3. The van der Waals surface area contributed by atoms with Gasteiger partial charge in [-0.1, -0.05) is 26.0 Å². The molecule has 4 heteroatoms. The quantitative estimate of drug-likeness (QED) is 0.594. The van der Waals surface area contributed by atoms with Crippen molar-refractivity contribution in [2.75, 3.05) is 13.7 Å². The zero-order valence-electron chi connectivity index (χ0n) is 14.5. The summed E-state index contributed by atoms with van der Waals surface area (Å²) in [6.45, 7) is 5.96. The van der Waals surface area contributed by atoms with Gasteiger partial charge in [-0.2, -0.15) is 0 Å². The first-order chi connectivity index (χ1) is 11.7. The highest BCUT2D eigenvalue weighted by molar-refractivity contribution is 5.76. The number of aromatic nitrogens is 2. The lowest BCUT2D eigenvalue weighted by atomic mass is 10.2. The molecule has 126 valence electrons. The molecule has 0 N–H and O–H groups in total. The van der Waals surface area contributed by atoms with Gasteiger partial charge in [0.2, 0.25) is 0 Å². The number of benzene rings is 2. The second kappa shape index (κ2) is 7.39. The highest BCUT2D eigenvalue weighted by atomic mass is 16.5. The highest BCUT2D eigenvalue weighted by Gasteiger charge is 2.12. The van der Waals surface area contributed by atoms with E-state index in [1.807, 2.05) is 30.3 Å². The molecule has 1 heterocycles. The molecule has 0 fully saturated rings. The van der Waals surface area contributed by atoms with Crippen molar-refractivity contribution < 1.29 is 9.47 Å². The van der Waals surface area contributed by atoms with Crippen LogP contribution in [0.3, 0.4) is 0 Å². The highest BCUT2D eigenvalue weighted by Crippen LogP contribution is 2.22. The van der Waals surface area contributed by atoms with Crippen LogP contribution in [0.4, 0.5) is 0 Å². The Bertz CT molecular complexity index is 791. The summed E-state index contributed by atoms with van der Waals surface area (Å²) in [7, 11) is 1.66. The van der Waals surface area contributed by atoms with Crippen molar-refractivity contribution in [3.05, 3.63) is 54.4 Å². The molecule has 0 aliphatic rings. The predicted molar refractivity (Wildman–Crippen MR) is 96.9 cm³/mol. The molecule has 4 nitrogen and oxygen atoms in total. The van der Waals surface area contributed by atoms with Gasteiger partial charge in [-0.15, -0.1) is 0 Å². The third kappa shape index (κ3) is 3.53. The first kappa shape index (κ1) is 16.4. The van der Waals surface area contributed by atoms with Gasteiger partial charge in [-0.25, -0.2) is 4.98 Å². The molecule has 2 aromatic carbocycles. The van der Waals surface area contributed by atoms with Crippen LogP contribution in [0.2, 0.25) is 0 Å². The fraction of sp³-hybridized carbons (Fsp3) is 0.350. The van der Waals surface area contributed by atoms with E-state index in [4.69, 9.17) is 14.5 Å². The van der Waals surface area contributed by atoms with Gasteiger partial charge in [0.25, 0.3) is 0 Å². The molecule has 0 aliphatic carbocycles. The van der Waals surface area contributed by atoms with E-state index in [1.165, 1.54) is 5.52 Å². The molecule has 3 rings (SSSR count). The van der Waals surface area contributed by atoms with E-state index in [0.717, 1.165) is 35.8 Å². The third-order valence-electron chi connectivity index (χ3n) is 4.05. The van der Waals surface area contributed by atoms with Crippen molar-refractivity contribution >= 4 is 11.0 Å². The number of ether oxygens (including phenoxy) is 2. The van der Waals surface area contributed by atoms with Gasteiger partial charge >= 0.3 is 0 Å². The Labute approximate surface area is 143 Å². The minimum Gasteiger partial charge on any atom is -0.497 e. The fourth-order valence-electron chi connectivity index (χ4n) is 2.85. The fourth-order valence-corrected chi connectivity index (χ4v) is 2.85. The Morgan fingerprint density at radius 2 is 1.71 bits per heavy atom. The van der Waals surface area contributed by atoms with E-state index in [2.05, 4.69) is 36.6 Å². The molecule has 0 amide bonds. The summed E-state index contributed by atoms with van der Waals surface area (Å²) in [5, 5.41) is 0. The van der Waals surface area contributed by atoms with Crippen LogP contribution >= 0.6 is 0 Å². The molecule has 0 atom stereocenters. The minimum atomic E-state index is 0.403. The zero-order valence-corrected chi connectivity index (χ0v) is 14.5. The molecule has 0 radical (unpaired) electrons. The van der Waals surface area contributed by atoms with Crippen molar-refractivity contribution in [2.45, 2.75) is 32.7 Å². The molecular weight excluding hydrogens is 300 g/mol. The molecule has 0 saturated carbocycles. The van der Waals surface area contributed by atoms with Crippen LogP contribution < -0.4 is 9.47 Å². The summed E-state index contributed by atoms with van der Waals surface area (Å²) in [4.78, 5) is 4.78. The Hall–Kier alpha value is -2.49. The van der Waals surface area contributed by atoms with Crippen LogP contribution in [0.15, 0.2) is 48.5 Å². The van der Waals surface area contributed by atoms with Gasteiger partial charge in [-0.05, 0) is 42.8 Å². The molecular formula is C20H24N2O2. The summed E-state index contributed by atoms with van der Waals surface area (Å²) in [6, 6.07) is 16.0. The smallest absolute Gasteiger partial charge is 0.119 e. The average molecular weight is 324 g/mol. The van der Waals surface area contributed by atoms with Gasteiger partial charge in [-0.3, -0.25) is 0 Å². The zero-order chi connectivity index (χ0) is 16.9. The molecule has 0 aliphatic heterocycles.